The van der Waals surface area contributed by atoms with E-state index in [2.05, 4.69) is 179 Å². The molecule has 0 aromatic rings. The monoisotopic (exact) mass is 1570 g/mol. The van der Waals surface area contributed by atoms with Gasteiger partial charge in [0.25, 0.3) is 0 Å². The minimum absolute atomic E-state index is 0.0835. The minimum atomic E-state index is -4.95. The summed E-state index contributed by atoms with van der Waals surface area (Å²) in [5.74, 6) is -1.60. The lowest BCUT2D eigenvalue weighted by Crippen LogP contribution is -2.30. The van der Waals surface area contributed by atoms with Crippen LogP contribution in [0.4, 0.5) is 0 Å². The molecule has 0 radical (unpaired) electrons. The predicted molar refractivity (Wildman–Crippen MR) is 454 cm³/mol. The molecule has 0 fully saturated rings. The van der Waals surface area contributed by atoms with Crippen molar-refractivity contribution >= 4 is 33.6 Å². The molecule has 0 aromatic heterocycles. The van der Waals surface area contributed by atoms with Crippen LogP contribution in [-0.2, 0) is 55.8 Å². The Labute approximate surface area is 663 Å². The Bertz CT molecular complexity index is 2610. The van der Waals surface area contributed by atoms with E-state index in [9.17, 15) is 43.5 Å². The number of aliphatic hydroxyl groups is 2. The first kappa shape index (κ1) is 104. The van der Waals surface area contributed by atoms with Crippen molar-refractivity contribution in [3.05, 3.63) is 158 Å². The molecule has 0 saturated heterocycles. The fraction of sp³-hybridized carbons (Fsp3) is 0.681. The van der Waals surface area contributed by atoms with Crippen LogP contribution in [0.15, 0.2) is 158 Å². The second-order valence-corrected chi connectivity index (χ2v) is 31.1. The molecular weight excluding hydrogens is 1410 g/mol. The van der Waals surface area contributed by atoms with E-state index in [1.54, 1.807) is 0 Å². The summed E-state index contributed by atoms with van der Waals surface area (Å²) in [4.78, 5) is 58.8. The van der Waals surface area contributed by atoms with E-state index >= 15 is 0 Å². The Hall–Kier alpha value is -4.83. The van der Waals surface area contributed by atoms with Gasteiger partial charge in [-0.05, 0) is 148 Å². The number of ether oxygens (including phenoxy) is 3. The zero-order valence-corrected chi connectivity index (χ0v) is 70.2. The Balaban J connectivity index is 4.58. The highest BCUT2D eigenvalue weighted by molar-refractivity contribution is 7.47. The number of hydrogen-bond donors (Lipinski definition) is 4. The van der Waals surface area contributed by atoms with Gasteiger partial charge in [0.15, 0.2) is 6.10 Å². The molecule has 18 heteroatoms. The Kier molecular flexibility index (Phi) is 79.0. The number of esters is 3. The Morgan fingerprint density at radius 1 is 0.266 bits per heavy atom. The van der Waals surface area contributed by atoms with Crippen molar-refractivity contribution in [2.24, 2.45) is 0 Å². The van der Waals surface area contributed by atoms with E-state index < -0.39 is 91.5 Å². The summed E-state index contributed by atoms with van der Waals surface area (Å²) in [6.45, 7) is 2.42. The van der Waals surface area contributed by atoms with Gasteiger partial charge in [-0.2, -0.15) is 0 Å². The first-order valence-electron chi connectivity index (χ1n) is 42.8. The number of phosphoric ester groups is 2. The van der Waals surface area contributed by atoms with E-state index in [1.807, 2.05) is 0 Å². The van der Waals surface area contributed by atoms with E-state index in [0.717, 1.165) is 186 Å². The molecule has 4 N–H and O–H groups in total. The third-order valence-corrected chi connectivity index (χ3v) is 19.6. The summed E-state index contributed by atoms with van der Waals surface area (Å²) in [6, 6.07) is 0. The summed E-state index contributed by atoms with van der Waals surface area (Å²) < 4.78 is 61.3. The molecule has 0 amide bonds. The molecular formula is C91H154O16P2. The average Bonchev–Trinajstić information content (AvgIpc) is 0.902. The molecule has 0 heterocycles. The molecule has 109 heavy (non-hydrogen) atoms. The lowest BCUT2D eigenvalue weighted by Gasteiger charge is -2.21. The average molecular weight is 1570 g/mol. The molecule has 0 spiro atoms. The van der Waals surface area contributed by atoms with Gasteiger partial charge in [-0.15, -0.1) is 0 Å². The number of carbonyl (C=O) groups excluding carboxylic acids is 3. The topological polar surface area (TPSA) is 231 Å². The summed E-state index contributed by atoms with van der Waals surface area (Å²) >= 11 is 0. The zero-order valence-electron chi connectivity index (χ0n) is 68.4. The van der Waals surface area contributed by atoms with Crippen molar-refractivity contribution < 1.29 is 75.8 Å². The lowest BCUT2D eigenvalue weighted by molar-refractivity contribution is -0.161. The molecule has 0 aliphatic carbocycles. The third-order valence-electron chi connectivity index (χ3n) is 17.7. The molecule has 0 saturated carbocycles. The summed E-state index contributed by atoms with van der Waals surface area (Å²) in [7, 11) is -9.81. The molecule has 5 unspecified atom stereocenters. The largest absolute Gasteiger partial charge is 0.472 e. The van der Waals surface area contributed by atoms with Crippen molar-refractivity contribution in [3.63, 3.8) is 0 Å². The quantitative estimate of drug-likeness (QED) is 0.0146. The van der Waals surface area contributed by atoms with Crippen LogP contribution in [0.5, 0.6) is 0 Å². The van der Waals surface area contributed by atoms with Crippen molar-refractivity contribution in [1.29, 1.82) is 0 Å². The van der Waals surface area contributed by atoms with Crippen LogP contribution in [-0.4, -0.2) is 95.9 Å². The third kappa shape index (κ3) is 83.9. The van der Waals surface area contributed by atoms with Crippen LogP contribution in [0.3, 0.4) is 0 Å². The summed E-state index contributed by atoms with van der Waals surface area (Å²) in [5, 5.41) is 20.7. The first-order valence-corrected chi connectivity index (χ1v) is 45.8. The highest BCUT2D eigenvalue weighted by Gasteiger charge is 2.29. The van der Waals surface area contributed by atoms with E-state index in [0.29, 0.717) is 19.3 Å². The smallest absolute Gasteiger partial charge is 0.463 e. The number of carbonyl (C=O) groups is 3. The van der Waals surface area contributed by atoms with Gasteiger partial charge in [0.05, 0.1) is 26.4 Å². The molecule has 16 nitrogen and oxygen atoms in total. The van der Waals surface area contributed by atoms with Gasteiger partial charge in [-0.1, -0.05) is 333 Å². The number of phosphoric acid groups is 2. The van der Waals surface area contributed by atoms with E-state index in [1.165, 1.54) is 96.3 Å². The van der Waals surface area contributed by atoms with Gasteiger partial charge in [0.2, 0.25) is 0 Å². The normalized spacial score (nSPS) is 14.7. The highest BCUT2D eigenvalue weighted by Crippen LogP contribution is 2.45. The summed E-state index contributed by atoms with van der Waals surface area (Å²) in [5.41, 5.74) is 0. The molecule has 0 bridgehead atoms. The number of rotatable bonds is 80. The second-order valence-electron chi connectivity index (χ2n) is 28.2. The lowest BCUT2D eigenvalue weighted by atomic mass is 10.0. The molecule has 0 rings (SSSR count). The minimum Gasteiger partial charge on any atom is -0.463 e. The summed E-state index contributed by atoms with van der Waals surface area (Å²) in [6.07, 6.45) is 104. The number of aliphatic hydroxyl groups excluding tert-OH is 2. The first-order chi connectivity index (χ1) is 53.2. The SMILES string of the molecule is CC/C=C\C/C=C\C/C=C\C/C=C\C/C=C\CCCCCCCCCCCCCCCCCC(=O)OCC(O)COP(=O)(O)OCC(O)COP(=O)(O)OCC(COC(=O)CCCCCCCCC/C=C\C/C=C\C/C=C\C/C=C\C/C=C\CC)OC(=O)CCCCCCCC/C=C\C/C=C\C/C=C\CCCCC. The van der Waals surface area contributed by atoms with Crippen LogP contribution >= 0.6 is 15.6 Å². The fourth-order valence-electron chi connectivity index (χ4n) is 11.3. The van der Waals surface area contributed by atoms with Gasteiger partial charge >= 0.3 is 33.6 Å². The molecule has 0 aliphatic rings. The highest BCUT2D eigenvalue weighted by atomic mass is 31.2. The maximum Gasteiger partial charge on any atom is 0.472 e. The van der Waals surface area contributed by atoms with Gasteiger partial charge < -0.3 is 34.2 Å². The zero-order chi connectivity index (χ0) is 79.4. The van der Waals surface area contributed by atoms with Gasteiger partial charge in [0, 0.05) is 19.3 Å². The standard InChI is InChI=1S/C91H154O16P2/c1-4-7-10-13-16-19-22-25-28-31-34-36-38-39-40-41-42-43-44-45-47-49-51-53-56-59-62-65-68-71-74-77-89(94)101-80-86(92)81-103-108(97,98)104-82-87(93)83-105-109(99,100)106-85-88(107-91(96)79-76-73-70-67-64-61-58-55-50-33-30-27-24-21-18-15-12-9-6-3)84-102-90(95)78-75-72-69-66-63-60-57-54-52-48-46-37-35-32-29-26-23-20-17-14-11-8-5-2/h7-8,10-11,16-21,25-30,34-37,39-40,48,50,52,55,86-88,92-93H,4-6,9,12-15,22-24,31-33,38,41-47,49,51,53-54,56-85H2,1-3H3,(H,97,98)(H,99,100)/b10-7-,11-8-,19-16-,20-17-,21-18-,28-25-,29-26-,30-27-,36-34-,37-35-,40-39-,52-48-,55-50-. The van der Waals surface area contributed by atoms with Crippen molar-refractivity contribution in [3.8, 4) is 0 Å². The maximum absolute atomic E-state index is 13.0. The Morgan fingerprint density at radius 3 is 0.771 bits per heavy atom. The van der Waals surface area contributed by atoms with Crippen LogP contribution < -0.4 is 0 Å². The predicted octanol–water partition coefficient (Wildman–Crippen LogP) is 25.8. The van der Waals surface area contributed by atoms with Crippen molar-refractivity contribution in [2.45, 2.75) is 360 Å². The fourth-order valence-corrected chi connectivity index (χ4v) is 12.9. The number of allylic oxidation sites excluding steroid dienone is 26. The van der Waals surface area contributed by atoms with Crippen LogP contribution in [0, 0.1) is 0 Å². The van der Waals surface area contributed by atoms with Crippen LogP contribution in [0.1, 0.15) is 342 Å². The Morgan fingerprint density at radius 2 is 0.486 bits per heavy atom. The number of hydrogen-bond acceptors (Lipinski definition) is 14. The molecule has 624 valence electrons. The van der Waals surface area contributed by atoms with E-state index in [-0.39, 0.29) is 19.3 Å². The van der Waals surface area contributed by atoms with Crippen LogP contribution in [0.2, 0.25) is 0 Å². The van der Waals surface area contributed by atoms with Gasteiger partial charge in [-0.25, -0.2) is 9.13 Å². The molecule has 0 aromatic carbocycles. The van der Waals surface area contributed by atoms with Crippen molar-refractivity contribution in [1.82, 2.24) is 0 Å². The maximum atomic E-state index is 13.0. The van der Waals surface area contributed by atoms with Crippen LogP contribution in [0.25, 0.3) is 0 Å². The molecule has 5 atom stereocenters. The second kappa shape index (κ2) is 82.6. The van der Waals surface area contributed by atoms with Gasteiger partial charge in [-0.3, -0.25) is 32.5 Å². The van der Waals surface area contributed by atoms with E-state index in [4.69, 9.17) is 32.3 Å². The van der Waals surface area contributed by atoms with Gasteiger partial charge in [0.1, 0.15) is 25.4 Å². The molecule has 0 aliphatic heterocycles. The number of unbranched alkanes of at least 4 members (excludes halogenated alkanes) is 31. The van der Waals surface area contributed by atoms with Crippen molar-refractivity contribution in [2.75, 3.05) is 39.6 Å².